The zero-order chi connectivity index (χ0) is 13.9. The average Bonchev–Trinajstić information content (AvgIpc) is 2.63. The van der Waals surface area contributed by atoms with E-state index in [1.807, 2.05) is 13.8 Å². The molecule has 1 atom stereocenters. The van der Waals surface area contributed by atoms with Gasteiger partial charge in [0, 0.05) is 0 Å². The van der Waals surface area contributed by atoms with Crippen LogP contribution < -0.4 is 4.72 Å². The SMILES string of the molecule is CC(C)C[C@H](NS(=O)(=O)c1ccc(Br)s1)C(=O)O. The first-order valence-electron chi connectivity index (χ1n) is 5.23. The molecule has 0 fully saturated rings. The number of halogens is 1. The molecular formula is C10H14BrNO4S2. The van der Waals surface area contributed by atoms with Gasteiger partial charge in [0.25, 0.3) is 10.0 Å². The fourth-order valence-electron chi connectivity index (χ4n) is 1.36. The molecule has 1 aromatic rings. The topological polar surface area (TPSA) is 83.5 Å². The Morgan fingerprint density at radius 2 is 2.11 bits per heavy atom. The Labute approximate surface area is 118 Å². The molecule has 0 spiro atoms. The molecule has 0 aliphatic rings. The number of hydrogen-bond donors (Lipinski definition) is 2. The lowest BCUT2D eigenvalue weighted by Gasteiger charge is -2.15. The maximum Gasteiger partial charge on any atom is 0.321 e. The smallest absolute Gasteiger partial charge is 0.321 e. The van der Waals surface area contributed by atoms with Crippen molar-refractivity contribution >= 4 is 43.3 Å². The third-order valence-electron chi connectivity index (χ3n) is 2.12. The van der Waals surface area contributed by atoms with Gasteiger partial charge in [-0.15, -0.1) is 11.3 Å². The van der Waals surface area contributed by atoms with Crippen LogP contribution in [0.2, 0.25) is 0 Å². The molecule has 0 saturated heterocycles. The maximum atomic E-state index is 12.0. The van der Waals surface area contributed by atoms with Crippen LogP contribution in [-0.2, 0) is 14.8 Å². The minimum Gasteiger partial charge on any atom is -0.480 e. The molecule has 0 unspecified atom stereocenters. The average molecular weight is 356 g/mol. The molecule has 8 heteroatoms. The van der Waals surface area contributed by atoms with Crippen LogP contribution in [0.1, 0.15) is 20.3 Å². The van der Waals surface area contributed by atoms with E-state index in [0.717, 1.165) is 11.3 Å². The molecule has 18 heavy (non-hydrogen) atoms. The first-order chi connectivity index (χ1) is 8.22. The molecule has 2 N–H and O–H groups in total. The fraction of sp³-hybridized carbons (Fsp3) is 0.500. The van der Waals surface area contributed by atoms with Crippen molar-refractivity contribution in [3.05, 3.63) is 15.9 Å². The molecule has 1 heterocycles. The molecular weight excluding hydrogens is 342 g/mol. The zero-order valence-corrected chi connectivity index (χ0v) is 13.1. The molecule has 102 valence electrons. The summed E-state index contributed by atoms with van der Waals surface area (Å²) in [4.78, 5) is 11.0. The Balaban J connectivity index is 2.89. The highest BCUT2D eigenvalue weighted by molar-refractivity contribution is 9.11. The summed E-state index contributed by atoms with van der Waals surface area (Å²) in [5.41, 5.74) is 0. The number of carbonyl (C=O) groups is 1. The molecule has 1 aromatic heterocycles. The number of carboxylic acid groups (broad SMARTS) is 1. The summed E-state index contributed by atoms with van der Waals surface area (Å²) in [6, 6.07) is 1.94. The summed E-state index contributed by atoms with van der Waals surface area (Å²) in [5, 5.41) is 9.00. The Hall–Kier alpha value is -0.440. The van der Waals surface area contributed by atoms with E-state index >= 15 is 0 Å². The molecule has 0 aliphatic carbocycles. The lowest BCUT2D eigenvalue weighted by Crippen LogP contribution is -2.41. The van der Waals surface area contributed by atoms with E-state index < -0.39 is 22.0 Å². The minimum absolute atomic E-state index is 0.0869. The lowest BCUT2D eigenvalue weighted by atomic mass is 10.1. The van der Waals surface area contributed by atoms with Gasteiger partial charge in [-0.05, 0) is 40.4 Å². The van der Waals surface area contributed by atoms with Crippen molar-refractivity contribution in [3.63, 3.8) is 0 Å². The summed E-state index contributed by atoms with van der Waals surface area (Å²) >= 11 is 4.21. The summed E-state index contributed by atoms with van der Waals surface area (Å²) in [6.45, 7) is 3.68. The molecule has 0 aromatic carbocycles. The summed E-state index contributed by atoms with van der Waals surface area (Å²) in [5.74, 6) is -1.08. The molecule has 1 rings (SSSR count). The second kappa shape index (κ2) is 6.14. The van der Waals surface area contributed by atoms with Crippen molar-refractivity contribution in [1.29, 1.82) is 0 Å². The standard InChI is InChI=1S/C10H14BrNO4S2/c1-6(2)5-7(10(13)14)12-18(15,16)9-4-3-8(11)17-9/h3-4,6-7,12H,5H2,1-2H3,(H,13,14)/t7-/m0/s1. The Kier molecular flexibility index (Phi) is 5.32. The lowest BCUT2D eigenvalue weighted by molar-refractivity contribution is -0.139. The molecule has 0 saturated carbocycles. The third-order valence-corrected chi connectivity index (χ3v) is 5.70. The van der Waals surface area contributed by atoms with E-state index in [4.69, 9.17) is 5.11 Å². The van der Waals surface area contributed by atoms with E-state index in [9.17, 15) is 13.2 Å². The fourth-order valence-corrected chi connectivity index (χ4v) is 4.59. The first kappa shape index (κ1) is 15.6. The highest BCUT2D eigenvalue weighted by Gasteiger charge is 2.26. The summed E-state index contributed by atoms with van der Waals surface area (Å²) < 4.78 is 26.9. The van der Waals surface area contributed by atoms with Crippen molar-refractivity contribution in [2.45, 2.75) is 30.5 Å². The van der Waals surface area contributed by atoms with Crippen LogP contribution in [0.4, 0.5) is 0 Å². The maximum absolute atomic E-state index is 12.0. The van der Waals surface area contributed by atoms with Gasteiger partial charge in [-0.25, -0.2) is 8.42 Å². The van der Waals surface area contributed by atoms with Gasteiger partial charge < -0.3 is 5.11 Å². The Morgan fingerprint density at radius 3 is 2.50 bits per heavy atom. The van der Waals surface area contributed by atoms with E-state index in [1.54, 1.807) is 6.07 Å². The number of rotatable bonds is 6. The number of thiophene rings is 1. The van der Waals surface area contributed by atoms with Gasteiger partial charge in [-0.1, -0.05) is 13.8 Å². The van der Waals surface area contributed by atoms with Crippen molar-refractivity contribution in [2.75, 3.05) is 0 Å². The normalized spacial score (nSPS) is 13.8. The summed E-state index contributed by atoms with van der Waals surface area (Å²) in [6.07, 6.45) is 0.251. The van der Waals surface area contributed by atoms with Crippen LogP contribution in [0, 0.1) is 5.92 Å². The van der Waals surface area contributed by atoms with Gasteiger partial charge in [0.2, 0.25) is 0 Å². The number of aliphatic carboxylic acids is 1. The van der Waals surface area contributed by atoms with Crippen LogP contribution in [0.3, 0.4) is 0 Å². The number of carboxylic acids is 1. The van der Waals surface area contributed by atoms with E-state index in [2.05, 4.69) is 20.7 Å². The van der Waals surface area contributed by atoms with Crippen molar-refractivity contribution in [3.8, 4) is 0 Å². The van der Waals surface area contributed by atoms with Gasteiger partial charge in [0.15, 0.2) is 0 Å². The Bertz CT molecular complexity index is 524. The molecule has 0 amide bonds. The monoisotopic (exact) mass is 355 g/mol. The predicted octanol–water partition coefficient (Wildman–Crippen LogP) is 2.29. The quantitative estimate of drug-likeness (QED) is 0.819. The molecule has 5 nitrogen and oxygen atoms in total. The van der Waals surface area contributed by atoms with E-state index in [-0.39, 0.29) is 16.5 Å². The van der Waals surface area contributed by atoms with Crippen LogP contribution in [0.25, 0.3) is 0 Å². The molecule has 0 bridgehead atoms. The second-order valence-electron chi connectivity index (χ2n) is 4.20. The van der Waals surface area contributed by atoms with Gasteiger partial charge in [-0.2, -0.15) is 4.72 Å². The van der Waals surface area contributed by atoms with E-state index in [0.29, 0.717) is 3.79 Å². The van der Waals surface area contributed by atoms with Gasteiger partial charge in [0.1, 0.15) is 10.3 Å². The van der Waals surface area contributed by atoms with Crippen LogP contribution in [0.5, 0.6) is 0 Å². The van der Waals surface area contributed by atoms with Crippen LogP contribution in [-0.4, -0.2) is 25.5 Å². The van der Waals surface area contributed by atoms with Crippen molar-refractivity contribution in [2.24, 2.45) is 5.92 Å². The highest BCUT2D eigenvalue weighted by atomic mass is 79.9. The largest absolute Gasteiger partial charge is 0.480 e. The predicted molar refractivity (Wildman–Crippen MR) is 73.2 cm³/mol. The third kappa shape index (κ3) is 4.34. The number of hydrogen-bond acceptors (Lipinski definition) is 4. The van der Waals surface area contributed by atoms with Gasteiger partial charge in [-0.3, -0.25) is 4.79 Å². The van der Waals surface area contributed by atoms with Crippen molar-refractivity contribution in [1.82, 2.24) is 4.72 Å². The Morgan fingerprint density at radius 1 is 1.50 bits per heavy atom. The van der Waals surface area contributed by atoms with Crippen LogP contribution in [0.15, 0.2) is 20.1 Å². The van der Waals surface area contributed by atoms with Crippen molar-refractivity contribution < 1.29 is 18.3 Å². The number of nitrogens with one attached hydrogen (secondary N) is 1. The van der Waals surface area contributed by atoms with Gasteiger partial charge >= 0.3 is 5.97 Å². The first-order valence-corrected chi connectivity index (χ1v) is 8.32. The highest BCUT2D eigenvalue weighted by Crippen LogP contribution is 2.26. The summed E-state index contributed by atoms with van der Waals surface area (Å²) in [7, 11) is -3.77. The van der Waals surface area contributed by atoms with Gasteiger partial charge in [0.05, 0.1) is 3.79 Å². The van der Waals surface area contributed by atoms with E-state index in [1.165, 1.54) is 6.07 Å². The second-order valence-corrected chi connectivity index (χ2v) is 8.60. The van der Waals surface area contributed by atoms with Crippen LogP contribution >= 0.6 is 27.3 Å². The molecule has 0 radical (unpaired) electrons. The minimum atomic E-state index is -3.77. The molecule has 0 aliphatic heterocycles. The zero-order valence-electron chi connectivity index (χ0n) is 9.88. The number of sulfonamides is 1.